The lowest BCUT2D eigenvalue weighted by Crippen LogP contribution is -2.49. The number of carbonyl (C=O) groups is 2. The number of hydrogen-bond donors (Lipinski definition) is 1. The number of nitrogens with one attached hydrogen (secondary N) is 1. The molecule has 3 rings (SSSR count). The molecule has 2 heterocycles. The van der Waals surface area contributed by atoms with Gasteiger partial charge in [-0.2, -0.15) is 0 Å². The van der Waals surface area contributed by atoms with Crippen molar-refractivity contribution >= 4 is 23.2 Å². The summed E-state index contributed by atoms with van der Waals surface area (Å²) in [6.07, 6.45) is 1.78. The molecule has 0 aliphatic carbocycles. The first-order valence-electron chi connectivity index (χ1n) is 8.82. The minimum atomic E-state index is -0.0755. The zero-order valence-corrected chi connectivity index (χ0v) is 15.8. The number of amides is 2. The van der Waals surface area contributed by atoms with Gasteiger partial charge in [-0.25, -0.2) is 4.98 Å². The van der Waals surface area contributed by atoms with Crippen LogP contribution in [0.4, 0.5) is 0 Å². The quantitative estimate of drug-likeness (QED) is 0.875. The van der Waals surface area contributed by atoms with E-state index in [9.17, 15) is 9.59 Å². The largest absolute Gasteiger partial charge is 0.494 e. The summed E-state index contributed by atoms with van der Waals surface area (Å²) >= 11 is 1.46. The minimum absolute atomic E-state index is 0.0226. The Morgan fingerprint density at radius 1 is 1.35 bits per heavy atom. The molecule has 7 heteroatoms. The first-order valence-corrected chi connectivity index (χ1v) is 9.70. The average molecular weight is 373 g/mol. The summed E-state index contributed by atoms with van der Waals surface area (Å²) in [5, 5.41) is 5.52. The van der Waals surface area contributed by atoms with Gasteiger partial charge in [-0.15, -0.1) is 11.3 Å². The van der Waals surface area contributed by atoms with Crippen LogP contribution in [0.5, 0.6) is 5.75 Å². The Balaban J connectivity index is 1.68. The molecule has 0 bridgehead atoms. The van der Waals surface area contributed by atoms with Crippen LogP contribution in [0.25, 0.3) is 10.6 Å². The normalized spacial score (nSPS) is 17.0. The summed E-state index contributed by atoms with van der Waals surface area (Å²) in [4.78, 5) is 30.3. The standard InChI is InChI=1S/C19H23N3O3S/c1-3-25-16-8-6-14(7-9-16)18-21-17(12-26-18)19(24)22-10-4-5-15(11-22)20-13(2)23/h6-9,12,15H,3-5,10-11H2,1-2H3,(H,20,23)/t15-/m0/s1. The molecule has 1 saturated heterocycles. The molecular formula is C19H23N3O3S. The lowest BCUT2D eigenvalue weighted by molar-refractivity contribution is -0.120. The fourth-order valence-electron chi connectivity index (χ4n) is 3.09. The SMILES string of the molecule is CCOc1ccc(-c2nc(C(=O)N3CCC[C@H](NC(C)=O)C3)cs2)cc1. The van der Waals surface area contributed by atoms with Crippen molar-refractivity contribution in [3.8, 4) is 16.3 Å². The van der Waals surface area contributed by atoms with E-state index in [0.29, 0.717) is 25.4 Å². The van der Waals surface area contributed by atoms with Gasteiger partial charge in [0.2, 0.25) is 5.91 Å². The second-order valence-electron chi connectivity index (χ2n) is 6.29. The predicted molar refractivity (Wildman–Crippen MR) is 101 cm³/mol. The summed E-state index contributed by atoms with van der Waals surface area (Å²) in [5.41, 5.74) is 1.43. The van der Waals surface area contributed by atoms with Gasteiger partial charge in [-0.1, -0.05) is 0 Å². The number of likely N-dealkylation sites (tertiary alicyclic amines) is 1. The van der Waals surface area contributed by atoms with Crippen LogP contribution < -0.4 is 10.1 Å². The zero-order chi connectivity index (χ0) is 18.5. The van der Waals surface area contributed by atoms with Gasteiger partial charge in [0.15, 0.2) is 0 Å². The van der Waals surface area contributed by atoms with Crippen LogP contribution in [-0.4, -0.2) is 47.4 Å². The molecule has 1 aliphatic heterocycles. The summed E-state index contributed by atoms with van der Waals surface area (Å²) in [6, 6.07) is 7.74. The fourth-order valence-corrected chi connectivity index (χ4v) is 3.89. The van der Waals surface area contributed by atoms with Crippen LogP contribution in [-0.2, 0) is 4.79 Å². The monoisotopic (exact) mass is 373 g/mol. The average Bonchev–Trinajstić information content (AvgIpc) is 3.12. The van der Waals surface area contributed by atoms with E-state index in [4.69, 9.17) is 4.74 Å². The summed E-state index contributed by atoms with van der Waals surface area (Å²) in [5.74, 6) is 0.686. The number of hydrogen-bond acceptors (Lipinski definition) is 5. The number of ether oxygens (including phenoxy) is 1. The smallest absolute Gasteiger partial charge is 0.273 e. The van der Waals surface area contributed by atoms with Crippen LogP contribution >= 0.6 is 11.3 Å². The molecule has 1 atom stereocenters. The van der Waals surface area contributed by atoms with Crippen LogP contribution in [0.15, 0.2) is 29.6 Å². The molecular weight excluding hydrogens is 350 g/mol. The van der Waals surface area contributed by atoms with Crippen molar-refractivity contribution < 1.29 is 14.3 Å². The molecule has 1 aromatic carbocycles. The third-order valence-corrected chi connectivity index (χ3v) is 5.14. The van der Waals surface area contributed by atoms with E-state index in [1.165, 1.54) is 18.3 Å². The lowest BCUT2D eigenvalue weighted by atomic mass is 10.1. The Bertz CT molecular complexity index is 773. The van der Waals surface area contributed by atoms with Gasteiger partial charge >= 0.3 is 0 Å². The van der Waals surface area contributed by atoms with Gasteiger partial charge in [-0.3, -0.25) is 9.59 Å². The predicted octanol–water partition coefficient (Wildman–Crippen LogP) is 2.95. The lowest BCUT2D eigenvalue weighted by Gasteiger charge is -2.32. The highest BCUT2D eigenvalue weighted by molar-refractivity contribution is 7.13. The Hall–Kier alpha value is -2.41. The van der Waals surface area contributed by atoms with Crippen LogP contribution in [0.2, 0.25) is 0 Å². The van der Waals surface area contributed by atoms with E-state index in [-0.39, 0.29) is 17.9 Å². The number of thiazole rings is 1. The maximum absolute atomic E-state index is 12.8. The van der Waals surface area contributed by atoms with Gasteiger partial charge in [0.05, 0.1) is 6.61 Å². The molecule has 0 spiro atoms. The van der Waals surface area contributed by atoms with Crippen molar-refractivity contribution in [3.05, 3.63) is 35.3 Å². The second kappa shape index (κ2) is 8.31. The van der Waals surface area contributed by atoms with E-state index in [2.05, 4.69) is 10.3 Å². The maximum atomic E-state index is 12.8. The van der Waals surface area contributed by atoms with E-state index in [1.54, 1.807) is 10.3 Å². The van der Waals surface area contributed by atoms with Crippen molar-refractivity contribution in [1.29, 1.82) is 0 Å². The molecule has 1 aliphatic rings. The number of rotatable bonds is 5. The third kappa shape index (κ3) is 4.40. The van der Waals surface area contributed by atoms with Crippen LogP contribution in [0.1, 0.15) is 37.2 Å². The fraction of sp³-hybridized carbons (Fsp3) is 0.421. The Morgan fingerprint density at radius 2 is 2.12 bits per heavy atom. The van der Waals surface area contributed by atoms with E-state index in [0.717, 1.165) is 29.2 Å². The van der Waals surface area contributed by atoms with Gasteiger partial charge in [-0.05, 0) is 44.0 Å². The van der Waals surface area contributed by atoms with Gasteiger partial charge < -0.3 is 15.0 Å². The highest BCUT2D eigenvalue weighted by Gasteiger charge is 2.26. The summed E-state index contributed by atoms with van der Waals surface area (Å²) < 4.78 is 5.45. The Labute approximate surface area is 157 Å². The number of aromatic nitrogens is 1. The number of piperidine rings is 1. The van der Waals surface area contributed by atoms with Gasteiger partial charge in [0.1, 0.15) is 16.5 Å². The zero-order valence-electron chi connectivity index (χ0n) is 15.0. The topological polar surface area (TPSA) is 71.5 Å². The first kappa shape index (κ1) is 18.4. The van der Waals surface area contributed by atoms with Gasteiger partial charge in [0, 0.05) is 37.0 Å². The molecule has 0 unspecified atom stereocenters. The summed E-state index contributed by atoms with van der Waals surface area (Å²) in [7, 11) is 0. The van der Waals surface area contributed by atoms with E-state index < -0.39 is 0 Å². The Kier molecular flexibility index (Phi) is 5.88. The third-order valence-electron chi connectivity index (χ3n) is 4.25. The van der Waals surface area contributed by atoms with E-state index in [1.807, 2.05) is 31.2 Å². The molecule has 0 radical (unpaired) electrons. The van der Waals surface area contributed by atoms with Gasteiger partial charge in [0.25, 0.3) is 5.91 Å². The van der Waals surface area contributed by atoms with Crippen molar-refractivity contribution in [1.82, 2.24) is 15.2 Å². The van der Waals surface area contributed by atoms with Crippen LogP contribution in [0, 0.1) is 0 Å². The first-order chi connectivity index (χ1) is 12.6. The number of nitrogens with zero attached hydrogens (tertiary/aromatic N) is 2. The van der Waals surface area contributed by atoms with Crippen molar-refractivity contribution in [2.75, 3.05) is 19.7 Å². The summed E-state index contributed by atoms with van der Waals surface area (Å²) in [6.45, 7) is 5.32. The van der Waals surface area contributed by atoms with Crippen molar-refractivity contribution in [2.24, 2.45) is 0 Å². The minimum Gasteiger partial charge on any atom is -0.494 e. The molecule has 138 valence electrons. The number of carbonyl (C=O) groups excluding carboxylic acids is 2. The Morgan fingerprint density at radius 3 is 2.81 bits per heavy atom. The second-order valence-corrected chi connectivity index (χ2v) is 7.14. The molecule has 2 amide bonds. The molecule has 0 saturated carbocycles. The highest BCUT2D eigenvalue weighted by atomic mass is 32.1. The molecule has 6 nitrogen and oxygen atoms in total. The molecule has 1 fully saturated rings. The molecule has 1 N–H and O–H groups in total. The molecule has 1 aromatic heterocycles. The van der Waals surface area contributed by atoms with Crippen molar-refractivity contribution in [3.63, 3.8) is 0 Å². The molecule has 2 aromatic rings. The maximum Gasteiger partial charge on any atom is 0.273 e. The van der Waals surface area contributed by atoms with Crippen LogP contribution in [0.3, 0.4) is 0 Å². The number of benzene rings is 1. The molecule has 26 heavy (non-hydrogen) atoms. The van der Waals surface area contributed by atoms with Crippen molar-refractivity contribution in [2.45, 2.75) is 32.7 Å². The highest BCUT2D eigenvalue weighted by Crippen LogP contribution is 2.26. The van der Waals surface area contributed by atoms with E-state index >= 15 is 0 Å².